The lowest BCUT2D eigenvalue weighted by Gasteiger charge is -2.17. The van der Waals surface area contributed by atoms with Gasteiger partial charge in [-0.3, -0.25) is 9.69 Å². The van der Waals surface area contributed by atoms with E-state index in [4.69, 9.17) is 0 Å². The average Bonchev–Trinajstić information content (AvgIpc) is 2.58. The topological polar surface area (TPSA) is 38.1 Å². The van der Waals surface area contributed by atoms with E-state index in [0.29, 0.717) is 12.1 Å². The van der Waals surface area contributed by atoms with Crippen LogP contribution in [0.2, 0.25) is 0 Å². The fourth-order valence-corrected chi connectivity index (χ4v) is 2.96. The van der Waals surface area contributed by atoms with Crippen molar-refractivity contribution in [2.45, 2.75) is 18.1 Å². The predicted molar refractivity (Wildman–Crippen MR) is 95.7 cm³/mol. The van der Waals surface area contributed by atoms with Crippen molar-refractivity contribution in [3.63, 3.8) is 0 Å². The van der Waals surface area contributed by atoms with Crippen LogP contribution in [0.3, 0.4) is 0 Å². The standard InChI is InChI=1S/C18H19N3OS/c1-20(12-14-7-9-16(23-2)10-8-14)13-21-18(22)17-6-4-3-5-15(17)11-19-21/h3-11H,12-13H2,1-2H3. The summed E-state index contributed by atoms with van der Waals surface area (Å²) in [6.45, 7) is 1.24. The molecule has 0 aliphatic rings. The quantitative estimate of drug-likeness (QED) is 0.675. The molecule has 2 aromatic carbocycles. The van der Waals surface area contributed by atoms with Crippen LogP contribution in [0.15, 0.2) is 64.4 Å². The zero-order valence-electron chi connectivity index (χ0n) is 13.3. The van der Waals surface area contributed by atoms with Crippen LogP contribution in [0.25, 0.3) is 10.8 Å². The Morgan fingerprint density at radius 3 is 2.61 bits per heavy atom. The molecule has 0 atom stereocenters. The van der Waals surface area contributed by atoms with Crippen LogP contribution in [0.5, 0.6) is 0 Å². The molecule has 0 unspecified atom stereocenters. The number of fused-ring (bicyclic) bond motifs is 1. The first-order valence-corrected chi connectivity index (χ1v) is 8.66. The second-order valence-corrected chi connectivity index (χ2v) is 6.42. The molecule has 0 spiro atoms. The predicted octanol–water partition coefficient (Wildman–Crippen LogP) is 3.21. The lowest BCUT2D eigenvalue weighted by atomic mass is 10.2. The van der Waals surface area contributed by atoms with E-state index in [1.165, 1.54) is 15.1 Å². The minimum Gasteiger partial charge on any atom is -0.283 e. The number of aromatic nitrogens is 2. The van der Waals surface area contributed by atoms with Crippen molar-refractivity contribution in [1.29, 1.82) is 0 Å². The van der Waals surface area contributed by atoms with Gasteiger partial charge in [-0.1, -0.05) is 30.3 Å². The highest BCUT2D eigenvalue weighted by molar-refractivity contribution is 7.98. The van der Waals surface area contributed by atoms with Gasteiger partial charge in [-0.05, 0) is 37.1 Å². The number of rotatable bonds is 5. The van der Waals surface area contributed by atoms with E-state index >= 15 is 0 Å². The van der Waals surface area contributed by atoms with Gasteiger partial charge in [-0.15, -0.1) is 11.8 Å². The molecular formula is C18H19N3OS. The van der Waals surface area contributed by atoms with Gasteiger partial charge in [0, 0.05) is 16.8 Å². The minimum atomic E-state index is -0.0484. The van der Waals surface area contributed by atoms with Crippen LogP contribution in [-0.2, 0) is 13.2 Å². The van der Waals surface area contributed by atoms with Gasteiger partial charge >= 0.3 is 0 Å². The third-order valence-electron chi connectivity index (χ3n) is 3.75. The Labute approximate surface area is 139 Å². The van der Waals surface area contributed by atoms with Crippen molar-refractivity contribution in [3.05, 3.63) is 70.6 Å². The van der Waals surface area contributed by atoms with Gasteiger partial charge in [-0.25, -0.2) is 4.68 Å². The molecule has 23 heavy (non-hydrogen) atoms. The van der Waals surface area contributed by atoms with Crippen molar-refractivity contribution >= 4 is 22.5 Å². The first-order valence-electron chi connectivity index (χ1n) is 7.44. The van der Waals surface area contributed by atoms with E-state index in [-0.39, 0.29) is 5.56 Å². The number of thioether (sulfide) groups is 1. The largest absolute Gasteiger partial charge is 0.283 e. The number of benzene rings is 2. The van der Waals surface area contributed by atoms with Crippen LogP contribution in [0.1, 0.15) is 5.56 Å². The minimum absolute atomic E-state index is 0.0484. The highest BCUT2D eigenvalue weighted by atomic mass is 32.2. The molecule has 0 aliphatic heterocycles. The molecule has 5 heteroatoms. The molecule has 118 valence electrons. The van der Waals surface area contributed by atoms with Crippen LogP contribution in [0, 0.1) is 0 Å². The Bertz CT molecular complexity index is 858. The summed E-state index contributed by atoms with van der Waals surface area (Å²) >= 11 is 1.73. The molecule has 0 fully saturated rings. The second-order valence-electron chi connectivity index (χ2n) is 5.54. The van der Waals surface area contributed by atoms with Crippen molar-refractivity contribution in [2.24, 2.45) is 0 Å². The maximum Gasteiger partial charge on any atom is 0.275 e. The van der Waals surface area contributed by atoms with E-state index in [1.807, 2.05) is 31.3 Å². The number of hydrogen-bond acceptors (Lipinski definition) is 4. The Kier molecular flexibility index (Phi) is 4.79. The van der Waals surface area contributed by atoms with Crippen LogP contribution < -0.4 is 5.56 Å². The van der Waals surface area contributed by atoms with Gasteiger partial charge in [0.25, 0.3) is 5.56 Å². The Morgan fingerprint density at radius 1 is 1.13 bits per heavy atom. The first kappa shape index (κ1) is 15.8. The van der Waals surface area contributed by atoms with Gasteiger partial charge in [0.1, 0.15) is 0 Å². The summed E-state index contributed by atoms with van der Waals surface area (Å²) in [6.07, 6.45) is 3.82. The van der Waals surface area contributed by atoms with Crippen molar-refractivity contribution < 1.29 is 0 Å². The van der Waals surface area contributed by atoms with Crippen molar-refractivity contribution in [1.82, 2.24) is 14.7 Å². The average molecular weight is 325 g/mol. The SMILES string of the molecule is CSc1ccc(CN(C)Cn2ncc3ccccc3c2=O)cc1. The summed E-state index contributed by atoms with van der Waals surface area (Å²) in [5.74, 6) is 0. The fraction of sp³-hybridized carbons (Fsp3) is 0.222. The molecule has 3 aromatic rings. The third-order valence-corrected chi connectivity index (χ3v) is 4.49. The van der Waals surface area contributed by atoms with Gasteiger partial charge < -0.3 is 0 Å². The summed E-state index contributed by atoms with van der Waals surface area (Å²) in [4.78, 5) is 15.8. The van der Waals surface area contributed by atoms with E-state index < -0.39 is 0 Å². The maximum absolute atomic E-state index is 12.5. The zero-order chi connectivity index (χ0) is 16.2. The Balaban J connectivity index is 1.75. The fourth-order valence-electron chi connectivity index (χ4n) is 2.55. The molecule has 0 radical (unpaired) electrons. The van der Waals surface area contributed by atoms with E-state index in [9.17, 15) is 4.79 Å². The molecule has 0 aliphatic carbocycles. The summed E-state index contributed by atoms with van der Waals surface area (Å²) in [6, 6.07) is 16.0. The molecule has 4 nitrogen and oxygen atoms in total. The summed E-state index contributed by atoms with van der Waals surface area (Å²) in [5, 5.41) is 5.86. The van der Waals surface area contributed by atoms with E-state index in [2.05, 4.69) is 40.5 Å². The highest BCUT2D eigenvalue weighted by Crippen LogP contribution is 2.15. The zero-order valence-corrected chi connectivity index (χ0v) is 14.1. The molecule has 0 N–H and O–H groups in total. The lowest BCUT2D eigenvalue weighted by molar-refractivity contribution is 0.241. The Hall–Kier alpha value is -2.11. The molecule has 0 bridgehead atoms. The smallest absolute Gasteiger partial charge is 0.275 e. The van der Waals surface area contributed by atoms with E-state index in [1.54, 1.807) is 18.0 Å². The van der Waals surface area contributed by atoms with Crippen LogP contribution in [0.4, 0.5) is 0 Å². The molecular weight excluding hydrogens is 306 g/mol. The van der Waals surface area contributed by atoms with Crippen LogP contribution >= 0.6 is 11.8 Å². The van der Waals surface area contributed by atoms with Gasteiger partial charge in [0.05, 0.1) is 18.3 Å². The molecule has 1 aromatic heterocycles. The molecule has 0 amide bonds. The van der Waals surface area contributed by atoms with Gasteiger partial charge in [0.15, 0.2) is 0 Å². The van der Waals surface area contributed by atoms with Crippen molar-refractivity contribution in [3.8, 4) is 0 Å². The molecule has 1 heterocycles. The molecule has 0 saturated carbocycles. The summed E-state index contributed by atoms with van der Waals surface area (Å²) in [5.41, 5.74) is 1.17. The van der Waals surface area contributed by atoms with Crippen molar-refractivity contribution in [2.75, 3.05) is 13.3 Å². The molecule has 3 rings (SSSR count). The number of nitrogens with zero attached hydrogens (tertiary/aromatic N) is 3. The lowest BCUT2D eigenvalue weighted by Crippen LogP contribution is -2.31. The monoisotopic (exact) mass is 325 g/mol. The normalized spacial score (nSPS) is 11.3. The third kappa shape index (κ3) is 3.63. The molecule has 0 saturated heterocycles. The maximum atomic E-state index is 12.5. The van der Waals surface area contributed by atoms with Gasteiger partial charge in [0.2, 0.25) is 0 Å². The first-order chi connectivity index (χ1) is 11.2. The summed E-state index contributed by atoms with van der Waals surface area (Å²) in [7, 11) is 1.99. The number of hydrogen-bond donors (Lipinski definition) is 0. The second kappa shape index (κ2) is 6.98. The Morgan fingerprint density at radius 2 is 1.87 bits per heavy atom. The highest BCUT2D eigenvalue weighted by Gasteiger charge is 2.07. The van der Waals surface area contributed by atoms with Crippen LogP contribution in [-0.4, -0.2) is 28.0 Å². The van der Waals surface area contributed by atoms with Gasteiger partial charge in [-0.2, -0.15) is 5.10 Å². The van der Waals surface area contributed by atoms with E-state index in [0.717, 1.165) is 11.9 Å². The summed E-state index contributed by atoms with van der Waals surface area (Å²) < 4.78 is 1.51.